The molecule has 0 fully saturated rings. The quantitative estimate of drug-likeness (QED) is 0.462. The van der Waals surface area contributed by atoms with Gasteiger partial charge in [0.15, 0.2) is 0 Å². The van der Waals surface area contributed by atoms with Crippen LogP contribution in [0.25, 0.3) is 6.08 Å². The summed E-state index contributed by atoms with van der Waals surface area (Å²) in [5.41, 5.74) is 2.64. The lowest BCUT2D eigenvalue weighted by Crippen LogP contribution is -1.98. The van der Waals surface area contributed by atoms with Crippen molar-refractivity contribution in [3.05, 3.63) is 66.7 Å². The van der Waals surface area contributed by atoms with Crippen molar-refractivity contribution in [2.45, 2.75) is 0 Å². The van der Waals surface area contributed by atoms with E-state index >= 15 is 0 Å². The van der Waals surface area contributed by atoms with E-state index in [2.05, 4.69) is 17.9 Å². The maximum atomic E-state index is 10.2. The monoisotopic (exact) mass is 250 g/mol. The zero-order valence-electron chi connectivity index (χ0n) is 9.51. The van der Waals surface area contributed by atoms with Gasteiger partial charge in [-0.3, -0.25) is 0 Å². The number of hydrogen-bond acceptors (Lipinski definition) is 2. The Kier molecular flexibility index (Phi) is 9.58. The first-order valence-electron chi connectivity index (χ1n) is 4.96. The Morgan fingerprint density at radius 2 is 1.94 bits per heavy atom. The van der Waals surface area contributed by atoms with Crippen molar-refractivity contribution in [3.63, 3.8) is 0 Å². The van der Waals surface area contributed by atoms with Crippen LogP contribution in [0.2, 0.25) is 0 Å². The van der Waals surface area contributed by atoms with Crippen molar-refractivity contribution in [2.24, 2.45) is 0 Å². The van der Waals surface area contributed by atoms with Crippen LogP contribution in [0.3, 0.4) is 0 Å². The maximum absolute atomic E-state index is 10.2. The van der Waals surface area contributed by atoms with Crippen LogP contribution in [-0.4, -0.2) is 12.6 Å². The summed E-state index contributed by atoms with van der Waals surface area (Å²) >= 11 is 5.36. The van der Waals surface area contributed by atoms with E-state index in [0.717, 1.165) is 11.6 Å². The highest BCUT2D eigenvalue weighted by molar-refractivity contribution is 6.27. The van der Waals surface area contributed by atoms with E-state index in [1.807, 2.05) is 36.4 Å². The van der Waals surface area contributed by atoms with Gasteiger partial charge in [0.05, 0.1) is 0 Å². The van der Waals surface area contributed by atoms with Crippen molar-refractivity contribution in [2.75, 3.05) is 6.61 Å². The van der Waals surface area contributed by atoms with E-state index in [4.69, 9.17) is 11.6 Å². The predicted octanol–water partition coefficient (Wildman–Crippen LogP) is 3.80. The van der Waals surface area contributed by atoms with Crippen LogP contribution in [0.15, 0.2) is 61.2 Å². The van der Waals surface area contributed by atoms with Gasteiger partial charge in [-0.25, -0.2) is 4.79 Å². The molecule has 0 radical (unpaired) electrons. The van der Waals surface area contributed by atoms with Crippen molar-refractivity contribution in [3.8, 4) is 0 Å². The first-order chi connectivity index (χ1) is 8.24. The van der Waals surface area contributed by atoms with E-state index in [1.54, 1.807) is 0 Å². The van der Waals surface area contributed by atoms with Crippen LogP contribution < -0.4 is 0 Å². The average Bonchev–Trinajstić information content (AvgIpc) is 2.38. The molecule has 0 atom stereocenters. The smallest absolute Gasteiger partial charge is 0.330 e. The molecule has 17 heavy (non-hydrogen) atoms. The van der Waals surface area contributed by atoms with E-state index in [1.165, 1.54) is 11.6 Å². The van der Waals surface area contributed by atoms with E-state index in [9.17, 15) is 4.79 Å². The van der Waals surface area contributed by atoms with Gasteiger partial charge < -0.3 is 4.74 Å². The largest absolute Gasteiger partial charge is 0.458 e. The van der Waals surface area contributed by atoms with Gasteiger partial charge in [0, 0.05) is 11.6 Å². The van der Waals surface area contributed by atoms with Gasteiger partial charge in [-0.15, -0.1) is 0 Å². The van der Waals surface area contributed by atoms with Crippen LogP contribution in [-0.2, 0) is 9.53 Å². The van der Waals surface area contributed by atoms with Crippen LogP contribution in [0.1, 0.15) is 5.56 Å². The SMILES string of the molecule is C=CCOC(=O)C=C.ClC=Cc1ccccc1. The van der Waals surface area contributed by atoms with Gasteiger partial charge in [0.2, 0.25) is 0 Å². The lowest BCUT2D eigenvalue weighted by molar-refractivity contribution is -0.136. The second-order valence-electron chi connectivity index (χ2n) is 2.83. The Bertz CT molecular complexity index is 369. The standard InChI is InChI=1S/C8H7Cl.C6H8O2/c9-7-6-8-4-2-1-3-5-8;1-3-5-8-6(7)4-2/h1-7H;3-4H,1-2,5H2. The second-order valence-corrected chi connectivity index (χ2v) is 3.08. The number of rotatable bonds is 4. The predicted molar refractivity (Wildman–Crippen MR) is 72.7 cm³/mol. The fourth-order valence-electron chi connectivity index (χ4n) is 0.837. The first kappa shape index (κ1) is 15.2. The van der Waals surface area contributed by atoms with Crippen LogP contribution in [0, 0.1) is 0 Å². The molecule has 0 heterocycles. The lowest BCUT2D eigenvalue weighted by Gasteiger charge is -1.92. The molecule has 0 N–H and O–H groups in total. The van der Waals surface area contributed by atoms with Crippen molar-refractivity contribution < 1.29 is 9.53 Å². The Morgan fingerprint density at radius 1 is 1.29 bits per heavy atom. The Labute approximate surface area is 107 Å². The van der Waals surface area contributed by atoms with Gasteiger partial charge in [-0.1, -0.05) is 61.2 Å². The van der Waals surface area contributed by atoms with Gasteiger partial charge in [-0.05, 0) is 11.6 Å². The summed E-state index contributed by atoms with van der Waals surface area (Å²) in [6.45, 7) is 6.81. The molecular weight excluding hydrogens is 236 g/mol. The van der Waals surface area contributed by atoms with Crippen LogP contribution >= 0.6 is 11.6 Å². The van der Waals surface area contributed by atoms with E-state index in [0.29, 0.717) is 0 Å². The highest BCUT2D eigenvalue weighted by atomic mass is 35.5. The third-order valence-corrected chi connectivity index (χ3v) is 1.69. The highest BCUT2D eigenvalue weighted by Gasteiger charge is 1.87. The molecule has 0 aromatic heterocycles. The van der Waals surface area contributed by atoms with Crippen molar-refractivity contribution in [1.29, 1.82) is 0 Å². The zero-order valence-corrected chi connectivity index (χ0v) is 10.3. The van der Waals surface area contributed by atoms with E-state index < -0.39 is 5.97 Å². The number of benzene rings is 1. The summed E-state index contributed by atoms with van der Waals surface area (Å²) in [7, 11) is 0. The Hall–Kier alpha value is -1.80. The van der Waals surface area contributed by atoms with Gasteiger partial charge in [-0.2, -0.15) is 0 Å². The molecule has 1 aromatic rings. The van der Waals surface area contributed by atoms with Crippen LogP contribution in [0.5, 0.6) is 0 Å². The molecule has 0 spiro atoms. The van der Waals surface area contributed by atoms with E-state index in [-0.39, 0.29) is 6.61 Å². The Morgan fingerprint density at radius 3 is 2.41 bits per heavy atom. The normalized spacial score (nSPS) is 9.00. The minimum atomic E-state index is -0.412. The number of ether oxygens (including phenoxy) is 1. The Balaban J connectivity index is 0.000000304. The third-order valence-electron chi connectivity index (χ3n) is 1.57. The summed E-state index contributed by atoms with van der Waals surface area (Å²) in [6, 6.07) is 9.93. The molecule has 0 unspecified atom stereocenters. The number of halogens is 1. The topological polar surface area (TPSA) is 26.3 Å². The molecule has 0 amide bonds. The summed E-state index contributed by atoms with van der Waals surface area (Å²) < 4.78 is 4.47. The molecule has 2 nitrogen and oxygen atoms in total. The first-order valence-corrected chi connectivity index (χ1v) is 5.40. The molecule has 0 aliphatic rings. The fraction of sp³-hybridized carbons (Fsp3) is 0.0714. The summed E-state index contributed by atoms with van der Waals surface area (Å²) in [6.07, 6.45) is 4.46. The summed E-state index contributed by atoms with van der Waals surface area (Å²) in [5, 5.41) is 0. The maximum Gasteiger partial charge on any atom is 0.330 e. The minimum absolute atomic E-state index is 0.255. The molecule has 0 aliphatic heterocycles. The molecule has 0 saturated carbocycles. The molecule has 3 heteroatoms. The molecule has 0 saturated heterocycles. The molecule has 0 aliphatic carbocycles. The molecule has 1 rings (SSSR count). The second kappa shape index (κ2) is 10.7. The third kappa shape index (κ3) is 9.15. The number of carbonyl (C=O) groups excluding carboxylic acids is 1. The minimum Gasteiger partial charge on any atom is -0.458 e. The fourth-order valence-corrected chi connectivity index (χ4v) is 0.982. The van der Waals surface area contributed by atoms with Crippen molar-refractivity contribution >= 4 is 23.6 Å². The van der Waals surface area contributed by atoms with Gasteiger partial charge in [0.1, 0.15) is 6.61 Å². The van der Waals surface area contributed by atoms with Crippen LogP contribution in [0.4, 0.5) is 0 Å². The average molecular weight is 251 g/mol. The molecular formula is C14H15ClO2. The highest BCUT2D eigenvalue weighted by Crippen LogP contribution is 2.00. The summed E-state index contributed by atoms with van der Waals surface area (Å²) in [4.78, 5) is 10.2. The van der Waals surface area contributed by atoms with Gasteiger partial charge >= 0.3 is 5.97 Å². The van der Waals surface area contributed by atoms with Gasteiger partial charge in [0.25, 0.3) is 0 Å². The molecule has 0 bridgehead atoms. The zero-order chi connectivity index (χ0) is 12.9. The number of carbonyl (C=O) groups is 1. The lowest BCUT2D eigenvalue weighted by atomic mass is 10.2. The summed E-state index contributed by atoms with van der Waals surface area (Å²) in [5.74, 6) is -0.412. The molecule has 90 valence electrons. The van der Waals surface area contributed by atoms with Crippen molar-refractivity contribution in [1.82, 2.24) is 0 Å². The number of esters is 1. The number of hydrogen-bond donors (Lipinski definition) is 0. The molecule has 1 aromatic carbocycles.